The number of amides is 1. The number of methoxy groups -OCH3 is 2. The molecule has 37 heavy (non-hydrogen) atoms. The van der Waals surface area contributed by atoms with E-state index in [4.69, 9.17) is 9.47 Å². The number of aromatic nitrogens is 2. The molecule has 0 saturated heterocycles. The molecule has 5 rings (SSSR count). The Morgan fingerprint density at radius 2 is 1.59 bits per heavy atom. The molecule has 7 nitrogen and oxygen atoms in total. The van der Waals surface area contributed by atoms with Crippen LogP contribution in [0.2, 0.25) is 0 Å². The molecule has 2 aliphatic rings. The summed E-state index contributed by atoms with van der Waals surface area (Å²) < 4.78 is 52.8. The van der Waals surface area contributed by atoms with Crippen LogP contribution in [0.3, 0.4) is 0 Å². The zero-order valence-corrected chi connectivity index (χ0v) is 20.5. The summed E-state index contributed by atoms with van der Waals surface area (Å²) in [4.78, 5) is 27.7. The predicted molar refractivity (Wildman–Crippen MR) is 129 cm³/mol. The maximum Gasteiger partial charge on any atom is 0.435 e. The topological polar surface area (TPSA) is 73.7 Å². The lowest BCUT2D eigenvalue weighted by Gasteiger charge is -2.30. The normalized spacial score (nSPS) is 17.0. The van der Waals surface area contributed by atoms with E-state index in [0.29, 0.717) is 30.0 Å². The van der Waals surface area contributed by atoms with Crippen LogP contribution in [0.25, 0.3) is 5.69 Å². The Morgan fingerprint density at radius 3 is 2.16 bits per heavy atom. The van der Waals surface area contributed by atoms with Crippen LogP contribution >= 0.6 is 0 Å². The van der Waals surface area contributed by atoms with Crippen LogP contribution in [-0.4, -0.2) is 42.4 Å². The van der Waals surface area contributed by atoms with E-state index in [1.807, 2.05) is 12.1 Å². The van der Waals surface area contributed by atoms with Crippen LogP contribution in [0.15, 0.2) is 48.5 Å². The Bertz CT molecular complexity index is 1320. The van der Waals surface area contributed by atoms with Gasteiger partial charge in [-0.15, -0.1) is 0 Å². The van der Waals surface area contributed by atoms with Gasteiger partial charge < -0.3 is 14.4 Å². The highest BCUT2D eigenvalue weighted by molar-refractivity contribution is 6.07. The number of nitrogens with zero attached hydrogens (tertiary/aromatic N) is 3. The van der Waals surface area contributed by atoms with E-state index < -0.39 is 23.2 Å². The summed E-state index contributed by atoms with van der Waals surface area (Å²) in [6.07, 6.45) is -1.49. The molecule has 0 spiro atoms. The molecule has 0 bridgehead atoms. The van der Waals surface area contributed by atoms with E-state index in [2.05, 4.69) is 5.10 Å². The minimum absolute atomic E-state index is 0.0000785. The number of anilines is 1. The number of halogens is 3. The molecule has 1 aliphatic heterocycles. The van der Waals surface area contributed by atoms with Gasteiger partial charge in [-0.3, -0.25) is 9.59 Å². The quantitative estimate of drug-likeness (QED) is 0.445. The average Bonchev–Trinajstić information content (AvgIpc) is 3.55. The van der Waals surface area contributed by atoms with Crippen LogP contribution in [0.1, 0.15) is 53.0 Å². The maximum atomic E-state index is 13.8. The molecule has 2 aromatic carbocycles. The molecular weight excluding hydrogens is 487 g/mol. The number of carbonyl (C=O) groups is 2. The Labute approximate surface area is 211 Å². The van der Waals surface area contributed by atoms with E-state index in [1.54, 1.807) is 36.4 Å². The molecule has 194 valence electrons. The first-order chi connectivity index (χ1) is 17.7. The highest BCUT2D eigenvalue weighted by Crippen LogP contribution is 2.43. The molecule has 0 N–H and O–H groups in total. The Hall–Kier alpha value is -3.82. The van der Waals surface area contributed by atoms with Gasteiger partial charge in [-0.2, -0.15) is 18.3 Å². The molecule has 0 atom stereocenters. The zero-order chi connectivity index (χ0) is 26.4. The molecular formula is C27H26F3N3O4. The molecule has 2 heterocycles. The fraction of sp³-hybridized carbons (Fsp3) is 0.370. The molecule has 1 saturated carbocycles. The number of hydrogen-bond donors (Lipinski definition) is 0. The third-order valence-corrected chi connectivity index (χ3v) is 7.37. The smallest absolute Gasteiger partial charge is 0.435 e. The van der Waals surface area contributed by atoms with Gasteiger partial charge in [0.25, 0.3) is 5.91 Å². The minimum atomic E-state index is -4.70. The summed E-state index contributed by atoms with van der Waals surface area (Å²) in [7, 11) is 2.86. The van der Waals surface area contributed by atoms with Crippen molar-refractivity contribution in [2.75, 3.05) is 25.7 Å². The highest BCUT2D eigenvalue weighted by atomic mass is 19.4. The Morgan fingerprint density at radius 1 is 0.973 bits per heavy atom. The third-order valence-electron chi connectivity index (χ3n) is 7.37. The number of hydrogen-bond acceptors (Lipinski definition) is 5. The van der Waals surface area contributed by atoms with E-state index in [0.717, 1.165) is 23.1 Å². The van der Waals surface area contributed by atoms with Gasteiger partial charge in [0.15, 0.2) is 5.69 Å². The van der Waals surface area contributed by atoms with Crippen molar-refractivity contribution in [3.05, 3.63) is 71.0 Å². The minimum Gasteiger partial charge on any atom is -0.497 e. The summed E-state index contributed by atoms with van der Waals surface area (Å²) in [6.45, 7) is 0.0741. The van der Waals surface area contributed by atoms with E-state index >= 15 is 0 Å². The second-order valence-electron chi connectivity index (χ2n) is 9.32. The summed E-state index contributed by atoms with van der Waals surface area (Å²) in [5.74, 6) is -0.322. The standard InChI is InChI=1S/C27H26F3N3O4/c1-36-20-11-9-19(10-12-20)33-22-21(23(31-33)27(28,29)30)13-16-32(24(22)34)18-7-5-17(6-8-18)26(25(35)37-2)14-3-4-15-26/h5-12H,3-4,13-16H2,1-2H3. The van der Waals surface area contributed by atoms with Crippen molar-refractivity contribution in [1.82, 2.24) is 9.78 Å². The Balaban J connectivity index is 1.52. The average molecular weight is 514 g/mol. The van der Waals surface area contributed by atoms with Crippen molar-refractivity contribution in [3.63, 3.8) is 0 Å². The van der Waals surface area contributed by atoms with Gasteiger partial charge in [0.05, 0.1) is 25.3 Å². The first kappa shape index (κ1) is 24.9. The molecule has 1 aromatic heterocycles. The molecule has 0 unspecified atom stereocenters. The number of ether oxygens (including phenoxy) is 2. The van der Waals surface area contributed by atoms with Gasteiger partial charge >= 0.3 is 12.1 Å². The van der Waals surface area contributed by atoms with Gasteiger partial charge in [-0.05, 0) is 61.2 Å². The lowest BCUT2D eigenvalue weighted by molar-refractivity contribution is -0.147. The van der Waals surface area contributed by atoms with Gasteiger partial charge in [-0.1, -0.05) is 25.0 Å². The van der Waals surface area contributed by atoms with Crippen molar-refractivity contribution in [2.45, 2.75) is 43.7 Å². The van der Waals surface area contributed by atoms with Crippen LogP contribution in [0.5, 0.6) is 5.75 Å². The van der Waals surface area contributed by atoms with Crippen LogP contribution < -0.4 is 9.64 Å². The lowest BCUT2D eigenvalue weighted by atomic mass is 9.79. The molecule has 0 radical (unpaired) electrons. The van der Waals surface area contributed by atoms with Crippen LogP contribution in [0.4, 0.5) is 18.9 Å². The fourth-order valence-electron chi connectivity index (χ4n) is 5.49. The number of alkyl halides is 3. The van der Waals surface area contributed by atoms with Crippen molar-refractivity contribution in [1.29, 1.82) is 0 Å². The SMILES string of the molecule is COC(=O)C1(c2ccc(N3CCc4c(C(F)(F)F)nn(-c5ccc(OC)cc5)c4C3=O)cc2)CCCC1. The number of fused-ring (bicyclic) bond motifs is 1. The van der Waals surface area contributed by atoms with Crippen LogP contribution in [-0.2, 0) is 27.5 Å². The molecule has 3 aromatic rings. The van der Waals surface area contributed by atoms with Crippen molar-refractivity contribution < 1.29 is 32.2 Å². The summed E-state index contributed by atoms with van der Waals surface area (Å²) >= 11 is 0. The molecule has 1 amide bonds. The predicted octanol–water partition coefficient (Wildman–Crippen LogP) is 5.09. The lowest BCUT2D eigenvalue weighted by Crippen LogP contribution is -2.39. The monoisotopic (exact) mass is 513 g/mol. The molecule has 10 heteroatoms. The second kappa shape index (κ2) is 9.24. The maximum absolute atomic E-state index is 13.8. The van der Waals surface area contributed by atoms with Gasteiger partial charge in [0, 0.05) is 17.8 Å². The second-order valence-corrected chi connectivity index (χ2v) is 9.32. The van der Waals surface area contributed by atoms with Gasteiger partial charge in [0.1, 0.15) is 11.4 Å². The zero-order valence-electron chi connectivity index (χ0n) is 20.5. The Kier molecular flexibility index (Phi) is 6.21. The van der Waals surface area contributed by atoms with E-state index in [9.17, 15) is 22.8 Å². The largest absolute Gasteiger partial charge is 0.497 e. The number of carbonyl (C=O) groups excluding carboxylic acids is 2. The number of benzene rings is 2. The van der Waals surface area contributed by atoms with E-state index in [-0.39, 0.29) is 30.2 Å². The molecule has 1 fully saturated rings. The van der Waals surface area contributed by atoms with Gasteiger partial charge in [-0.25, -0.2) is 4.68 Å². The fourth-order valence-corrected chi connectivity index (χ4v) is 5.49. The van der Waals surface area contributed by atoms with Gasteiger partial charge in [0.2, 0.25) is 0 Å². The summed E-state index contributed by atoms with van der Waals surface area (Å²) in [5, 5.41) is 3.82. The first-order valence-electron chi connectivity index (χ1n) is 12.0. The van der Waals surface area contributed by atoms with Crippen LogP contribution in [0, 0.1) is 0 Å². The molecule has 1 aliphatic carbocycles. The first-order valence-corrected chi connectivity index (χ1v) is 12.0. The third kappa shape index (κ3) is 4.14. The number of esters is 1. The number of rotatable bonds is 5. The van der Waals surface area contributed by atoms with Crippen molar-refractivity contribution in [3.8, 4) is 11.4 Å². The highest BCUT2D eigenvalue weighted by Gasteiger charge is 2.45. The van der Waals surface area contributed by atoms with E-state index in [1.165, 1.54) is 19.1 Å². The van der Waals surface area contributed by atoms with Crippen molar-refractivity contribution >= 4 is 17.6 Å². The summed E-state index contributed by atoms with van der Waals surface area (Å²) in [5.41, 5.74) is -0.323. The summed E-state index contributed by atoms with van der Waals surface area (Å²) in [6, 6.07) is 13.4. The van der Waals surface area contributed by atoms with Crippen molar-refractivity contribution in [2.24, 2.45) is 0 Å².